The zero-order chi connectivity index (χ0) is 13.9. The maximum Gasteiger partial charge on any atom is 0.113 e. The van der Waals surface area contributed by atoms with E-state index in [0.29, 0.717) is 0 Å². The topological polar surface area (TPSA) is 34.1 Å². The molecule has 1 saturated heterocycles. The van der Waals surface area contributed by atoms with E-state index in [-0.39, 0.29) is 6.04 Å². The Bertz CT molecular complexity index is 571. The number of ether oxygens (including phenoxy) is 1. The summed E-state index contributed by atoms with van der Waals surface area (Å²) in [7, 11) is 0. The van der Waals surface area contributed by atoms with Crippen molar-refractivity contribution in [1.82, 2.24) is 10.3 Å². The van der Waals surface area contributed by atoms with Gasteiger partial charge < -0.3 is 10.1 Å². The molecule has 0 amide bonds. The number of rotatable bonds is 3. The molecular formula is C16H20N2OS. The third kappa shape index (κ3) is 2.77. The number of nitrogens with zero attached hydrogens (tertiary/aromatic N) is 1. The van der Waals surface area contributed by atoms with E-state index in [1.165, 1.54) is 16.0 Å². The van der Waals surface area contributed by atoms with E-state index < -0.39 is 0 Å². The van der Waals surface area contributed by atoms with Crippen molar-refractivity contribution >= 4 is 11.3 Å². The predicted molar refractivity (Wildman–Crippen MR) is 83.2 cm³/mol. The molecule has 2 aromatic rings. The van der Waals surface area contributed by atoms with Crippen LogP contribution < -0.4 is 5.32 Å². The molecule has 3 rings (SSSR count). The van der Waals surface area contributed by atoms with Crippen molar-refractivity contribution < 1.29 is 4.74 Å². The summed E-state index contributed by atoms with van der Waals surface area (Å²) in [5.74, 6) is 0. The van der Waals surface area contributed by atoms with Crippen molar-refractivity contribution in [2.24, 2.45) is 0 Å². The number of hydrogen-bond donors (Lipinski definition) is 1. The van der Waals surface area contributed by atoms with Gasteiger partial charge in [-0.1, -0.05) is 31.2 Å². The minimum absolute atomic E-state index is 0.246. The van der Waals surface area contributed by atoms with E-state index in [2.05, 4.69) is 43.4 Å². The molecule has 20 heavy (non-hydrogen) atoms. The van der Waals surface area contributed by atoms with E-state index in [4.69, 9.17) is 9.72 Å². The second-order valence-electron chi connectivity index (χ2n) is 5.09. The number of hydrogen-bond acceptors (Lipinski definition) is 4. The minimum atomic E-state index is 0.246. The van der Waals surface area contributed by atoms with Crippen molar-refractivity contribution in [2.75, 3.05) is 19.8 Å². The van der Waals surface area contributed by atoms with Gasteiger partial charge in [-0.25, -0.2) is 4.98 Å². The van der Waals surface area contributed by atoms with E-state index in [9.17, 15) is 0 Å². The van der Waals surface area contributed by atoms with Gasteiger partial charge in [0.1, 0.15) is 5.01 Å². The van der Waals surface area contributed by atoms with Crippen LogP contribution in [0, 0.1) is 6.92 Å². The highest BCUT2D eigenvalue weighted by Crippen LogP contribution is 2.31. The van der Waals surface area contributed by atoms with Crippen molar-refractivity contribution in [3.05, 3.63) is 39.7 Å². The van der Waals surface area contributed by atoms with E-state index in [1.54, 1.807) is 11.3 Å². The van der Waals surface area contributed by atoms with Gasteiger partial charge in [-0.3, -0.25) is 0 Å². The lowest BCUT2D eigenvalue weighted by atomic mass is 10.1. The van der Waals surface area contributed by atoms with Crippen LogP contribution in [-0.4, -0.2) is 24.7 Å². The van der Waals surface area contributed by atoms with Crippen LogP contribution in [0.5, 0.6) is 0 Å². The predicted octanol–water partition coefficient (Wildman–Crippen LogP) is 3.34. The van der Waals surface area contributed by atoms with Crippen molar-refractivity contribution in [3.63, 3.8) is 0 Å². The molecule has 1 aromatic carbocycles. The smallest absolute Gasteiger partial charge is 0.113 e. The summed E-state index contributed by atoms with van der Waals surface area (Å²) in [6.07, 6.45) is 1.07. The molecule has 0 spiro atoms. The first-order valence-electron chi connectivity index (χ1n) is 7.15. The molecule has 1 unspecified atom stereocenters. The number of morpholine rings is 1. The lowest BCUT2D eigenvalue weighted by Gasteiger charge is -2.21. The maximum absolute atomic E-state index is 5.53. The molecule has 2 heterocycles. The van der Waals surface area contributed by atoms with Gasteiger partial charge in [0, 0.05) is 17.0 Å². The molecule has 106 valence electrons. The fraction of sp³-hybridized carbons (Fsp3) is 0.438. The zero-order valence-electron chi connectivity index (χ0n) is 12.0. The third-order valence-corrected chi connectivity index (χ3v) is 4.75. The SMILES string of the molecule is CCc1ccc(-c2nc(C3COCCN3)sc2C)cc1. The van der Waals surface area contributed by atoms with Crippen LogP contribution in [-0.2, 0) is 11.2 Å². The lowest BCUT2D eigenvalue weighted by Crippen LogP contribution is -2.34. The van der Waals surface area contributed by atoms with Crippen LogP contribution in [0.1, 0.15) is 28.4 Å². The lowest BCUT2D eigenvalue weighted by molar-refractivity contribution is 0.0768. The van der Waals surface area contributed by atoms with Gasteiger partial charge >= 0.3 is 0 Å². The van der Waals surface area contributed by atoms with Crippen molar-refractivity contribution in [1.29, 1.82) is 0 Å². The number of thiazole rings is 1. The highest BCUT2D eigenvalue weighted by molar-refractivity contribution is 7.12. The highest BCUT2D eigenvalue weighted by atomic mass is 32.1. The van der Waals surface area contributed by atoms with Gasteiger partial charge in [0.25, 0.3) is 0 Å². The summed E-state index contributed by atoms with van der Waals surface area (Å²) in [4.78, 5) is 6.11. The van der Waals surface area contributed by atoms with Crippen molar-refractivity contribution in [2.45, 2.75) is 26.3 Å². The summed E-state index contributed by atoms with van der Waals surface area (Å²) < 4.78 is 5.53. The van der Waals surface area contributed by atoms with Crippen molar-refractivity contribution in [3.8, 4) is 11.3 Å². The summed E-state index contributed by atoms with van der Waals surface area (Å²) >= 11 is 1.77. The molecule has 4 heteroatoms. The fourth-order valence-electron chi connectivity index (χ4n) is 2.46. The van der Waals surface area contributed by atoms with Gasteiger partial charge in [-0.15, -0.1) is 11.3 Å². The Morgan fingerprint density at radius 1 is 1.35 bits per heavy atom. The Kier molecular flexibility index (Phi) is 4.15. The van der Waals surface area contributed by atoms with E-state index >= 15 is 0 Å². The molecule has 1 atom stereocenters. The third-order valence-electron chi connectivity index (χ3n) is 3.67. The van der Waals surface area contributed by atoms with Gasteiger partial charge in [0.05, 0.1) is 24.9 Å². The number of nitrogens with one attached hydrogen (secondary N) is 1. The quantitative estimate of drug-likeness (QED) is 0.940. The summed E-state index contributed by atoms with van der Waals surface area (Å²) in [6, 6.07) is 8.98. The van der Waals surface area contributed by atoms with Gasteiger partial charge in [0.2, 0.25) is 0 Å². The molecule has 0 aliphatic carbocycles. The molecule has 0 radical (unpaired) electrons. The Hall–Kier alpha value is -1.23. The zero-order valence-corrected chi connectivity index (χ0v) is 12.8. The standard InChI is InChI=1S/C16H20N2OS/c1-3-12-4-6-13(7-5-12)15-11(2)20-16(18-15)14-10-19-9-8-17-14/h4-7,14,17H,3,8-10H2,1-2H3. The first-order valence-corrected chi connectivity index (χ1v) is 7.97. The molecule has 1 aromatic heterocycles. The van der Waals surface area contributed by atoms with E-state index in [1.807, 2.05) is 0 Å². The van der Waals surface area contributed by atoms with Crippen LogP contribution in [0.4, 0.5) is 0 Å². The molecule has 1 aliphatic rings. The monoisotopic (exact) mass is 288 g/mol. The summed E-state index contributed by atoms with van der Waals surface area (Å²) in [5.41, 5.74) is 3.68. The first-order chi connectivity index (χ1) is 9.78. The second-order valence-corrected chi connectivity index (χ2v) is 6.32. The normalized spacial score (nSPS) is 19.2. The highest BCUT2D eigenvalue weighted by Gasteiger charge is 2.20. The fourth-order valence-corrected chi connectivity index (χ4v) is 3.46. The molecule has 0 saturated carbocycles. The second kappa shape index (κ2) is 6.04. The molecule has 1 N–H and O–H groups in total. The van der Waals surface area contributed by atoms with E-state index in [0.717, 1.165) is 36.9 Å². The minimum Gasteiger partial charge on any atom is -0.378 e. The average Bonchev–Trinajstić information content (AvgIpc) is 2.90. The number of benzene rings is 1. The molecule has 0 bridgehead atoms. The Morgan fingerprint density at radius 3 is 2.80 bits per heavy atom. The maximum atomic E-state index is 5.53. The Morgan fingerprint density at radius 2 is 2.15 bits per heavy atom. The van der Waals surface area contributed by atoms with Crippen LogP contribution in [0.15, 0.2) is 24.3 Å². The average molecular weight is 288 g/mol. The molecule has 1 aliphatic heterocycles. The molecule has 3 nitrogen and oxygen atoms in total. The summed E-state index contributed by atoms with van der Waals surface area (Å²) in [5, 5.41) is 4.60. The van der Waals surface area contributed by atoms with Crippen LogP contribution in [0.3, 0.4) is 0 Å². The molecule has 1 fully saturated rings. The van der Waals surface area contributed by atoms with Crippen LogP contribution in [0.2, 0.25) is 0 Å². The largest absolute Gasteiger partial charge is 0.378 e. The first kappa shape index (κ1) is 13.7. The van der Waals surface area contributed by atoms with Gasteiger partial charge in [0.15, 0.2) is 0 Å². The number of aromatic nitrogens is 1. The summed E-state index contributed by atoms with van der Waals surface area (Å²) in [6.45, 7) is 6.75. The molecular weight excluding hydrogens is 268 g/mol. The van der Waals surface area contributed by atoms with Crippen LogP contribution in [0.25, 0.3) is 11.3 Å². The van der Waals surface area contributed by atoms with Gasteiger partial charge in [-0.05, 0) is 18.9 Å². The van der Waals surface area contributed by atoms with Gasteiger partial charge in [-0.2, -0.15) is 0 Å². The Balaban J connectivity index is 1.87. The van der Waals surface area contributed by atoms with Crippen LogP contribution >= 0.6 is 11.3 Å². The Labute approximate surface area is 124 Å². The number of aryl methyl sites for hydroxylation is 2.